The van der Waals surface area contributed by atoms with Gasteiger partial charge in [-0.2, -0.15) is 0 Å². The molecule has 0 fully saturated rings. The molecule has 0 spiro atoms. The Morgan fingerprint density at radius 3 is 1.26 bits per heavy atom. The van der Waals surface area contributed by atoms with E-state index in [-0.39, 0.29) is 42.7 Å². The summed E-state index contributed by atoms with van der Waals surface area (Å²) < 4.78 is 17.2. The Bertz CT molecular complexity index is 1330. The number of nitrogens with zero attached hydrogens (tertiary/aromatic N) is 1. The normalized spacial score (nSPS) is 13.8. The van der Waals surface area contributed by atoms with Crippen LogP contribution in [0.3, 0.4) is 0 Å². The highest BCUT2D eigenvalue weighted by Gasteiger charge is 2.25. The van der Waals surface area contributed by atoms with Crippen molar-refractivity contribution < 1.29 is 38.2 Å². The molecule has 0 saturated carbocycles. The first-order chi connectivity index (χ1) is 30.1. The lowest BCUT2D eigenvalue weighted by atomic mass is 10.1. The Labute approximate surface area is 379 Å². The van der Waals surface area contributed by atoms with Gasteiger partial charge < -0.3 is 28.6 Å². The standard InChI is InChI=1S/C54H89NO7/c1-6-8-10-12-14-16-18-20-22-24-25-26-27-28-29-31-32-34-36-38-40-42-44-52(56)61-49-50(48-60-47-46-51(54(58)59)55(3,4)5)62-53(57)45-43-41-39-37-35-33-30-23-21-19-17-15-13-11-9-7-2/h8-11,14-17,20-23,25-26,28-29,50-51H,6-7,12-13,18-19,24,27,30-49H2,1-5H3/b10-8+,11-9+,16-14+,17-15+,22-20+,23-21+,26-25+,29-28+. The summed E-state index contributed by atoms with van der Waals surface area (Å²) in [5.74, 6) is -1.78. The molecule has 0 N–H and O–H groups in total. The molecule has 8 nitrogen and oxygen atoms in total. The van der Waals surface area contributed by atoms with Gasteiger partial charge in [0.1, 0.15) is 12.6 Å². The van der Waals surface area contributed by atoms with Crippen LogP contribution in [-0.2, 0) is 28.6 Å². The van der Waals surface area contributed by atoms with Gasteiger partial charge in [-0.3, -0.25) is 9.59 Å². The van der Waals surface area contributed by atoms with Gasteiger partial charge in [-0.25, -0.2) is 0 Å². The number of carboxylic acids is 1. The smallest absolute Gasteiger partial charge is 0.306 e. The van der Waals surface area contributed by atoms with Crippen LogP contribution in [0.25, 0.3) is 0 Å². The van der Waals surface area contributed by atoms with E-state index in [2.05, 4.69) is 111 Å². The first kappa shape index (κ1) is 58.2. The Morgan fingerprint density at radius 1 is 0.484 bits per heavy atom. The summed E-state index contributed by atoms with van der Waals surface area (Å²) >= 11 is 0. The number of likely N-dealkylation sites (N-methyl/N-ethyl adjacent to an activating group) is 1. The molecule has 8 heteroatoms. The molecular weight excluding hydrogens is 775 g/mol. The first-order valence-corrected chi connectivity index (χ1v) is 24.3. The van der Waals surface area contributed by atoms with Crippen LogP contribution in [0.2, 0.25) is 0 Å². The van der Waals surface area contributed by atoms with E-state index in [4.69, 9.17) is 14.2 Å². The third kappa shape index (κ3) is 41.6. The third-order valence-corrected chi connectivity index (χ3v) is 10.2. The van der Waals surface area contributed by atoms with E-state index in [0.29, 0.717) is 12.8 Å². The van der Waals surface area contributed by atoms with Gasteiger partial charge in [-0.15, -0.1) is 0 Å². The maximum atomic E-state index is 12.8. The van der Waals surface area contributed by atoms with Crippen molar-refractivity contribution in [1.29, 1.82) is 0 Å². The molecule has 2 atom stereocenters. The minimum absolute atomic E-state index is 0.0244. The number of rotatable bonds is 42. The number of hydrogen-bond donors (Lipinski definition) is 0. The fraction of sp³-hybridized carbons (Fsp3) is 0.648. The Kier molecular flexibility index (Phi) is 41.2. The zero-order valence-corrected chi connectivity index (χ0v) is 40.0. The van der Waals surface area contributed by atoms with Crippen LogP contribution in [-0.4, -0.2) is 75.5 Å². The van der Waals surface area contributed by atoms with Crippen molar-refractivity contribution in [2.45, 2.75) is 187 Å². The summed E-state index contributed by atoms with van der Waals surface area (Å²) in [4.78, 5) is 37.0. The van der Waals surface area contributed by atoms with Crippen LogP contribution in [0.1, 0.15) is 174 Å². The molecule has 0 aliphatic rings. The van der Waals surface area contributed by atoms with Crippen LogP contribution in [0.5, 0.6) is 0 Å². The largest absolute Gasteiger partial charge is 0.544 e. The highest BCUT2D eigenvalue weighted by atomic mass is 16.6. The highest BCUT2D eigenvalue weighted by Crippen LogP contribution is 2.13. The molecule has 62 heavy (non-hydrogen) atoms. The average molecular weight is 864 g/mol. The summed E-state index contributed by atoms with van der Waals surface area (Å²) in [6.07, 6.45) is 58.6. The van der Waals surface area contributed by atoms with E-state index in [1.165, 1.54) is 25.7 Å². The average Bonchev–Trinajstić information content (AvgIpc) is 3.23. The number of allylic oxidation sites excluding steroid dienone is 16. The summed E-state index contributed by atoms with van der Waals surface area (Å²) in [5.41, 5.74) is 0. The Hall–Kier alpha value is -3.75. The quantitative estimate of drug-likeness (QED) is 0.0261. The summed E-state index contributed by atoms with van der Waals surface area (Å²) in [6.45, 7) is 4.40. The fourth-order valence-corrected chi connectivity index (χ4v) is 6.52. The highest BCUT2D eigenvalue weighted by molar-refractivity contribution is 5.70. The number of ether oxygens (including phenoxy) is 3. The second-order valence-corrected chi connectivity index (χ2v) is 16.9. The number of carbonyl (C=O) groups excluding carboxylic acids is 3. The molecule has 0 aromatic rings. The van der Waals surface area contributed by atoms with Crippen molar-refractivity contribution in [3.63, 3.8) is 0 Å². The number of carbonyl (C=O) groups is 3. The van der Waals surface area contributed by atoms with E-state index < -0.39 is 18.1 Å². The third-order valence-electron chi connectivity index (χ3n) is 10.2. The molecule has 0 aromatic carbocycles. The van der Waals surface area contributed by atoms with Crippen LogP contribution < -0.4 is 5.11 Å². The lowest BCUT2D eigenvalue weighted by molar-refractivity contribution is -0.889. The van der Waals surface area contributed by atoms with Crippen molar-refractivity contribution in [2.75, 3.05) is 41.0 Å². The van der Waals surface area contributed by atoms with E-state index in [0.717, 1.165) is 116 Å². The summed E-state index contributed by atoms with van der Waals surface area (Å²) in [5, 5.41) is 11.7. The second-order valence-electron chi connectivity index (χ2n) is 16.9. The minimum Gasteiger partial charge on any atom is -0.544 e. The maximum Gasteiger partial charge on any atom is 0.306 e. The van der Waals surface area contributed by atoms with Crippen LogP contribution in [0.4, 0.5) is 0 Å². The Morgan fingerprint density at radius 2 is 0.855 bits per heavy atom. The Balaban J connectivity index is 4.34. The lowest BCUT2D eigenvalue weighted by Crippen LogP contribution is -2.55. The molecule has 352 valence electrons. The SMILES string of the molecule is CC/C=C/C/C=C/C/C=C/C/C=C/C/C=C/CCCCCCCCC(=O)OCC(COCCC(C(=O)[O-])[N+](C)(C)C)OC(=O)CCCCCCCC/C=C/C/C=C/C/C=C/CC. The first-order valence-electron chi connectivity index (χ1n) is 24.3. The van der Waals surface area contributed by atoms with Crippen LogP contribution in [0.15, 0.2) is 97.2 Å². The van der Waals surface area contributed by atoms with E-state index in [9.17, 15) is 19.5 Å². The molecule has 0 aliphatic carbocycles. The molecule has 0 bridgehead atoms. The number of unbranched alkanes of at least 4 members (excludes halogenated alkanes) is 12. The van der Waals surface area contributed by atoms with Gasteiger partial charge in [0.15, 0.2) is 6.10 Å². The van der Waals surface area contributed by atoms with Crippen molar-refractivity contribution in [1.82, 2.24) is 0 Å². The number of carboxylic acid groups (broad SMARTS) is 1. The number of esters is 2. The number of hydrogen-bond acceptors (Lipinski definition) is 7. The number of aliphatic carboxylic acids is 1. The summed E-state index contributed by atoms with van der Waals surface area (Å²) in [7, 11) is 5.39. The molecule has 0 rings (SSSR count). The summed E-state index contributed by atoms with van der Waals surface area (Å²) in [6, 6.07) is -0.737. The molecule has 0 aliphatic heterocycles. The molecule has 2 unspecified atom stereocenters. The van der Waals surface area contributed by atoms with Gasteiger partial charge >= 0.3 is 11.9 Å². The molecule has 0 amide bonds. The van der Waals surface area contributed by atoms with E-state index >= 15 is 0 Å². The second kappa shape index (κ2) is 43.9. The molecular formula is C54H89NO7. The topological polar surface area (TPSA) is 102 Å². The molecule has 0 saturated heterocycles. The van der Waals surface area contributed by atoms with Gasteiger partial charge in [-0.1, -0.05) is 162 Å². The minimum atomic E-state index is -1.13. The van der Waals surface area contributed by atoms with Crippen molar-refractivity contribution in [3.05, 3.63) is 97.2 Å². The van der Waals surface area contributed by atoms with Gasteiger partial charge in [0.05, 0.1) is 40.3 Å². The zero-order valence-electron chi connectivity index (χ0n) is 40.0. The van der Waals surface area contributed by atoms with Gasteiger partial charge in [0.25, 0.3) is 0 Å². The van der Waals surface area contributed by atoms with Crippen molar-refractivity contribution in [3.8, 4) is 0 Å². The van der Waals surface area contributed by atoms with Gasteiger partial charge in [0, 0.05) is 19.3 Å². The van der Waals surface area contributed by atoms with Crippen molar-refractivity contribution >= 4 is 17.9 Å². The predicted octanol–water partition coefficient (Wildman–Crippen LogP) is 12.5. The zero-order chi connectivity index (χ0) is 45.6. The molecule has 0 radical (unpaired) electrons. The predicted molar refractivity (Wildman–Crippen MR) is 258 cm³/mol. The maximum absolute atomic E-state index is 12.8. The van der Waals surface area contributed by atoms with Crippen molar-refractivity contribution in [2.24, 2.45) is 0 Å². The van der Waals surface area contributed by atoms with Gasteiger partial charge in [-0.05, 0) is 89.9 Å². The lowest BCUT2D eigenvalue weighted by Gasteiger charge is -2.34. The van der Waals surface area contributed by atoms with E-state index in [1.54, 1.807) is 21.1 Å². The number of quaternary nitrogens is 1. The van der Waals surface area contributed by atoms with Gasteiger partial charge in [0.2, 0.25) is 0 Å². The van der Waals surface area contributed by atoms with Crippen LogP contribution >= 0.6 is 0 Å². The molecule has 0 aromatic heterocycles. The monoisotopic (exact) mass is 864 g/mol. The fourth-order valence-electron chi connectivity index (χ4n) is 6.52. The molecule has 0 heterocycles. The van der Waals surface area contributed by atoms with E-state index in [1.807, 2.05) is 0 Å². The van der Waals surface area contributed by atoms with Crippen LogP contribution in [0, 0.1) is 0 Å².